The molecule has 0 radical (unpaired) electrons. The summed E-state index contributed by atoms with van der Waals surface area (Å²) in [7, 11) is 0. The normalized spacial score (nSPS) is 12.2. The summed E-state index contributed by atoms with van der Waals surface area (Å²) >= 11 is 6.73. The molecule has 6 nitrogen and oxygen atoms in total. The van der Waals surface area contributed by atoms with E-state index >= 15 is 0 Å². The third-order valence-corrected chi connectivity index (χ3v) is 6.50. The molecule has 4 aromatic rings. The van der Waals surface area contributed by atoms with E-state index in [2.05, 4.69) is 13.2 Å². The third kappa shape index (κ3) is 7.56. The number of halogens is 1. The highest BCUT2D eigenvalue weighted by molar-refractivity contribution is 6.33. The van der Waals surface area contributed by atoms with E-state index in [0.717, 1.165) is 16.5 Å². The van der Waals surface area contributed by atoms with E-state index in [0.29, 0.717) is 33.1 Å². The van der Waals surface area contributed by atoms with Crippen LogP contribution in [0.1, 0.15) is 37.2 Å². The van der Waals surface area contributed by atoms with Crippen molar-refractivity contribution in [2.75, 3.05) is 13.2 Å². The summed E-state index contributed by atoms with van der Waals surface area (Å²) < 4.78 is 23.7. The fourth-order valence-corrected chi connectivity index (χ4v) is 4.32. The van der Waals surface area contributed by atoms with Crippen molar-refractivity contribution in [2.24, 2.45) is 0 Å². The molecule has 0 saturated heterocycles. The van der Waals surface area contributed by atoms with Crippen LogP contribution in [0.2, 0.25) is 5.02 Å². The molecule has 7 heteroatoms. The zero-order valence-corrected chi connectivity index (χ0v) is 23.7. The van der Waals surface area contributed by atoms with Gasteiger partial charge in [-0.15, -0.1) is 0 Å². The predicted octanol–water partition coefficient (Wildman–Crippen LogP) is 7.97. The van der Waals surface area contributed by atoms with Gasteiger partial charge in [-0.3, -0.25) is 0 Å². The quantitative estimate of drug-likeness (QED) is 0.127. The largest absolute Gasteiger partial charge is 0.489 e. The molecule has 0 bridgehead atoms. The molecular formula is C34H31ClO6. The van der Waals surface area contributed by atoms with Crippen LogP contribution < -0.4 is 9.47 Å². The first kappa shape index (κ1) is 29.4. The van der Waals surface area contributed by atoms with Crippen LogP contribution in [0.3, 0.4) is 0 Å². The number of esters is 2. The Labute approximate surface area is 244 Å². The van der Waals surface area contributed by atoms with E-state index < -0.39 is 24.1 Å². The minimum atomic E-state index is -0.680. The van der Waals surface area contributed by atoms with Crippen LogP contribution in [0.4, 0.5) is 0 Å². The number of fused-ring (bicyclic) bond motifs is 1. The first-order valence-corrected chi connectivity index (χ1v) is 13.4. The Balaban J connectivity index is 1.60. The van der Waals surface area contributed by atoms with E-state index in [1.807, 2.05) is 84.9 Å². The molecule has 0 aliphatic carbocycles. The van der Waals surface area contributed by atoms with E-state index in [1.165, 1.54) is 0 Å². The lowest BCUT2D eigenvalue weighted by Crippen LogP contribution is -2.19. The van der Waals surface area contributed by atoms with Crippen LogP contribution in [-0.2, 0) is 19.1 Å². The molecule has 41 heavy (non-hydrogen) atoms. The number of hydrogen-bond acceptors (Lipinski definition) is 6. The van der Waals surface area contributed by atoms with Crippen molar-refractivity contribution in [1.82, 2.24) is 0 Å². The van der Waals surface area contributed by atoms with Crippen LogP contribution in [0.15, 0.2) is 115 Å². The van der Waals surface area contributed by atoms with Gasteiger partial charge in [-0.25, -0.2) is 9.59 Å². The Morgan fingerprint density at radius 1 is 0.683 bits per heavy atom. The van der Waals surface area contributed by atoms with Crippen molar-refractivity contribution in [3.63, 3.8) is 0 Å². The van der Waals surface area contributed by atoms with Crippen LogP contribution in [-0.4, -0.2) is 25.2 Å². The van der Waals surface area contributed by atoms with Gasteiger partial charge in [0.1, 0.15) is 24.7 Å². The van der Waals surface area contributed by atoms with Gasteiger partial charge in [0, 0.05) is 28.0 Å². The minimum Gasteiger partial charge on any atom is -0.489 e. The van der Waals surface area contributed by atoms with Gasteiger partial charge in [0.05, 0.1) is 5.02 Å². The van der Waals surface area contributed by atoms with Crippen LogP contribution in [0.25, 0.3) is 10.8 Å². The van der Waals surface area contributed by atoms with Crippen molar-refractivity contribution < 1.29 is 28.5 Å². The highest BCUT2D eigenvalue weighted by Crippen LogP contribution is 2.40. The lowest BCUT2D eigenvalue weighted by molar-refractivity contribution is -0.147. The fourth-order valence-electron chi connectivity index (χ4n) is 4.07. The Morgan fingerprint density at radius 2 is 1.12 bits per heavy atom. The standard InChI is InChI=1S/C34H31ClO6/c1-22(2)33(36)40-30(24-13-7-5-8-14-24)20-38-29-19-28(35)32(27-18-12-11-17-26(27)29)39-21-31(41-34(37)23(3)4)25-15-9-6-10-16-25/h5-19,30-31H,1,3,20-21H2,2,4H3. The van der Waals surface area contributed by atoms with Gasteiger partial charge < -0.3 is 18.9 Å². The predicted molar refractivity (Wildman–Crippen MR) is 160 cm³/mol. The lowest BCUT2D eigenvalue weighted by Gasteiger charge is -2.22. The van der Waals surface area contributed by atoms with Gasteiger partial charge in [0.25, 0.3) is 0 Å². The Morgan fingerprint density at radius 3 is 1.61 bits per heavy atom. The molecule has 0 aliphatic rings. The van der Waals surface area contributed by atoms with Gasteiger partial charge in [-0.05, 0) is 25.0 Å². The number of carbonyl (C=O) groups excluding carboxylic acids is 2. The minimum absolute atomic E-state index is 0.0277. The highest BCUT2D eigenvalue weighted by Gasteiger charge is 2.22. The van der Waals surface area contributed by atoms with Gasteiger partial charge in [0.15, 0.2) is 12.2 Å². The first-order valence-electron chi connectivity index (χ1n) is 13.0. The van der Waals surface area contributed by atoms with E-state index in [4.69, 9.17) is 30.5 Å². The van der Waals surface area contributed by atoms with Gasteiger partial charge >= 0.3 is 11.9 Å². The summed E-state index contributed by atoms with van der Waals surface area (Å²) in [6.45, 7) is 10.6. The van der Waals surface area contributed by atoms with E-state index in [9.17, 15) is 9.59 Å². The number of benzene rings is 4. The molecule has 0 aliphatic heterocycles. The molecule has 2 unspecified atom stereocenters. The molecule has 4 rings (SSSR count). The maximum atomic E-state index is 12.3. The molecule has 0 saturated carbocycles. The van der Waals surface area contributed by atoms with Gasteiger partial charge in [0.2, 0.25) is 0 Å². The Bertz CT molecular complexity index is 1550. The lowest BCUT2D eigenvalue weighted by atomic mass is 10.1. The summed E-state index contributed by atoms with van der Waals surface area (Å²) in [5, 5.41) is 1.77. The smallest absolute Gasteiger partial charge is 0.333 e. The molecule has 0 amide bonds. The molecule has 0 spiro atoms. The fraction of sp³-hybridized carbons (Fsp3) is 0.176. The second-order valence-electron chi connectivity index (χ2n) is 9.52. The summed E-state index contributed by atoms with van der Waals surface area (Å²) in [6.07, 6.45) is -1.34. The second-order valence-corrected chi connectivity index (χ2v) is 9.93. The summed E-state index contributed by atoms with van der Waals surface area (Å²) in [6, 6.07) is 27.9. The summed E-state index contributed by atoms with van der Waals surface area (Å²) in [5.74, 6) is -0.0919. The van der Waals surface area contributed by atoms with Crippen molar-refractivity contribution in [2.45, 2.75) is 26.1 Å². The molecule has 0 heterocycles. The van der Waals surface area contributed by atoms with Crippen molar-refractivity contribution >= 4 is 34.3 Å². The van der Waals surface area contributed by atoms with Crippen molar-refractivity contribution in [3.8, 4) is 11.5 Å². The van der Waals surface area contributed by atoms with Gasteiger partial charge in [-0.1, -0.05) is 110 Å². The third-order valence-electron chi connectivity index (χ3n) is 6.22. The average Bonchev–Trinajstić information content (AvgIpc) is 2.98. The van der Waals surface area contributed by atoms with Crippen LogP contribution in [0.5, 0.6) is 11.5 Å². The molecular weight excluding hydrogens is 540 g/mol. The van der Waals surface area contributed by atoms with Crippen molar-refractivity contribution in [1.29, 1.82) is 0 Å². The molecule has 0 fully saturated rings. The van der Waals surface area contributed by atoms with Crippen LogP contribution >= 0.6 is 11.6 Å². The maximum absolute atomic E-state index is 12.3. The van der Waals surface area contributed by atoms with Crippen LogP contribution in [0, 0.1) is 0 Å². The zero-order chi connectivity index (χ0) is 29.4. The summed E-state index contributed by atoms with van der Waals surface area (Å²) in [5.41, 5.74) is 2.15. The van der Waals surface area contributed by atoms with Gasteiger partial charge in [-0.2, -0.15) is 0 Å². The van der Waals surface area contributed by atoms with E-state index in [-0.39, 0.29) is 13.2 Å². The Kier molecular flexibility index (Phi) is 9.82. The molecule has 0 aromatic heterocycles. The van der Waals surface area contributed by atoms with E-state index in [1.54, 1.807) is 19.9 Å². The zero-order valence-electron chi connectivity index (χ0n) is 23.0. The number of hydrogen-bond donors (Lipinski definition) is 0. The Hall–Kier alpha value is -4.55. The summed E-state index contributed by atoms with van der Waals surface area (Å²) in [4.78, 5) is 24.7. The highest BCUT2D eigenvalue weighted by atomic mass is 35.5. The topological polar surface area (TPSA) is 71.1 Å². The molecule has 210 valence electrons. The maximum Gasteiger partial charge on any atom is 0.333 e. The second kappa shape index (κ2) is 13.7. The molecule has 2 atom stereocenters. The van der Waals surface area contributed by atoms with Crippen molar-refractivity contribution in [3.05, 3.63) is 131 Å². The molecule has 0 N–H and O–H groups in total. The SMILES string of the molecule is C=C(C)C(=O)OC(COc1cc(Cl)c(OCC(OC(=O)C(=C)C)c2ccccc2)c2ccccc12)c1ccccc1. The number of carbonyl (C=O) groups is 2. The number of rotatable bonds is 12. The number of ether oxygens (including phenoxy) is 4. The average molecular weight is 571 g/mol. The first-order chi connectivity index (χ1) is 19.7. The monoisotopic (exact) mass is 570 g/mol. The molecule has 4 aromatic carbocycles.